The largest absolute Gasteiger partial charge is 0.0984 e. The van der Waals surface area contributed by atoms with Crippen molar-refractivity contribution < 1.29 is 0 Å². The Hall–Kier alpha value is -3.12. The maximum absolute atomic E-state index is 4.05. The van der Waals surface area contributed by atoms with Gasteiger partial charge in [-0.1, -0.05) is 106 Å². The molecule has 0 heteroatoms. The van der Waals surface area contributed by atoms with Crippen LogP contribution in [0.1, 0.15) is 48.6 Å². The molecule has 0 aliphatic carbocycles. The molecule has 0 spiro atoms. The van der Waals surface area contributed by atoms with E-state index < -0.39 is 0 Å². The van der Waals surface area contributed by atoms with E-state index in [0.29, 0.717) is 0 Å². The first-order chi connectivity index (χ1) is 13.6. The molecule has 0 fully saturated rings. The van der Waals surface area contributed by atoms with Crippen LogP contribution in [0.15, 0.2) is 68.3 Å². The van der Waals surface area contributed by atoms with Crippen LogP contribution in [-0.4, -0.2) is 0 Å². The highest BCUT2D eigenvalue weighted by Crippen LogP contribution is 2.36. The van der Waals surface area contributed by atoms with Crippen molar-refractivity contribution in [2.24, 2.45) is 0 Å². The molecule has 0 N–H and O–H groups in total. The highest BCUT2D eigenvalue weighted by atomic mass is 14.2. The molecule has 3 rings (SSSR count). The number of hydrogen-bond acceptors (Lipinski definition) is 0. The van der Waals surface area contributed by atoms with Crippen LogP contribution in [-0.2, 0) is 0 Å². The number of hydrogen-bond donors (Lipinski definition) is 0. The van der Waals surface area contributed by atoms with Gasteiger partial charge in [-0.05, 0) is 64.1 Å². The van der Waals surface area contributed by atoms with Crippen LogP contribution in [0.2, 0.25) is 0 Å². The molecule has 0 nitrogen and oxygen atoms in total. The molecule has 0 aliphatic heterocycles. The average Bonchev–Trinajstić information content (AvgIpc) is 2.75. The first-order valence-corrected chi connectivity index (χ1v) is 9.85. The second kappa shape index (κ2) is 9.71. The van der Waals surface area contributed by atoms with Crippen molar-refractivity contribution in [3.8, 4) is 11.1 Å². The van der Waals surface area contributed by atoms with Gasteiger partial charge in [0.1, 0.15) is 0 Å². The number of rotatable bonds is 5. The minimum Gasteiger partial charge on any atom is -0.0984 e. The Morgan fingerprint density at radius 2 is 1.18 bits per heavy atom. The zero-order valence-corrected chi connectivity index (χ0v) is 17.5. The predicted octanol–water partition coefficient (Wildman–Crippen LogP) is 8.80. The number of aryl methyl sites for hydroxylation is 1. The summed E-state index contributed by atoms with van der Waals surface area (Å²) in [7, 11) is 0. The van der Waals surface area contributed by atoms with Crippen LogP contribution >= 0.6 is 0 Å². The molecule has 0 heterocycles. The maximum Gasteiger partial charge on any atom is -0.00930 e. The lowest BCUT2D eigenvalue weighted by molar-refractivity contribution is 1.47. The molecule has 0 saturated carbocycles. The summed E-state index contributed by atoms with van der Waals surface area (Å²) < 4.78 is 0. The SMILES string of the molecule is C=Cc1c(C=C)c(/C=C\C)c2ccc(-c3ccc(C)cc3)cc2c1C=C.CC. The average molecular weight is 367 g/mol. The predicted molar refractivity (Wildman–Crippen MR) is 130 cm³/mol. The van der Waals surface area contributed by atoms with E-state index in [-0.39, 0.29) is 0 Å². The number of fused-ring (bicyclic) bond motifs is 1. The van der Waals surface area contributed by atoms with Crippen LogP contribution in [0.5, 0.6) is 0 Å². The third-order valence-electron chi connectivity index (χ3n) is 4.80. The second-order valence-corrected chi connectivity index (χ2v) is 6.39. The van der Waals surface area contributed by atoms with Crippen molar-refractivity contribution in [1.29, 1.82) is 0 Å². The minimum atomic E-state index is 1.08. The molecule has 0 atom stereocenters. The fourth-order valence-corrected chi connectivity index (χ4v) is 3.51. The van der Waals surface area contributed by atoms with E-state index in [1.807, 2.05) is 39.0 Å². The van der Waals surface area contributed by atoms with E-state index in [0.717, 1.165) is 16.7 Å². The van der Waals surface area contributed by atoms with Crippen molar-refractivity contribution in [2.75, 3.05) is 0 Å². The highest BCUT2D eigenvalue weighted by Gasteiger charge is 2.14. The van der Waals surface area contributed by atoms with Crippen molar-refractivity contribution in [3.63, 3.8) is 0 Å². The van der Waals surface area contributed by atoms with Crippen molar-refractivity contribution in [2.45, 2.75) is 27.7 Å². The van der Waals surface area contributed by atoms with E-state index in [2.05, 4.69) is 81.3 Å². The molecular weight excluding hydrogens is 336 g/mol. The molecule has 0 aliphatic rings. The third kappa shape index (κ3) is 3.92. The Bertz CT molecular complexity index is 1030. The summed E-state index contributed by atoms with van der Waals surface area (Å²) >= 11 is 0. The van der Waals surface area contributed by atoms with Gasteiger partial charge in [0.25, 0.3) is 0 Å². The van der Waals surface area contributed by atoms with Gasteiger partial charge in [0.2, 0.25) is 0 Å². The Morgan fingerprint density at radius 1 is 0.643 bits per heavy atom. The Balaban J connectivity index is 0.00000136. The molecule has 142 valence electrons. The lowest BCUT2D eigenvalue weighted by Crippen LogP contribution is -1.95. The molecule has 28 heavy (non-hydrogen) atoms. The van der Waals surface area contributed by atoms with E-state index in [9.17, 15) is 0 Å². The van der Waals surface area contributed by atoms with Crippen molar-refractivity contribution in [1.82, 2.24) is 0 Å². The number of benzene rings is 3. The fraction of sp³-hybridized carbons (Fsp3) is 0.143. The molecule has 3 aromatic rings. The smallest absolute Gasteiger partial charge is 0.00930 e. The van der Waals surface area contributed by atoms with Crippen LogP contribution < -0.4 is 0 Å². The molecule has 3 aromatic carbocycles. The fourth-order valence-electron chi connectivity index (χ4n) is 3.51. The molecule has 0 unspecified atom stereocenters. The minimum absolute atomic E-state index is 1.08. The van der Waals surface area contributed by atoms with Gasteiger partial charge in [-0.2, -0.15) is 0 Å². The van der Waals surface area contributed by atoms with Crippen LogP contribution in [0.25, 0.3) is 46.2 Å². The summed E-state index contributed by atoms with van der Waals surface area (Å²) in [5.41, 5.74) is 8.14. The van der Waals surface area contributed by atoms with Gasteiger partial charge in [0, 0.05) is 0 Å². The van der Waals surface area contributed by atoms with Crippen LogP contribution in [0.4, 0.5) is 0 Å². The van der Waals surface area contributed by atoms with E-state index in [1.165, 1.54) is 33.0 Å². The van der Waals surface area contributed by atoms with Crippen molar-refractivity contribution in [3.05, 3.63) is 96.1 Å². The summed E-state index contributed by atoms with van der Waals surface area (Å²) in [5.74, 6) is 0. The highest BCUT2D eigenvalue weighted by molar-refractivity contribution is 6.04. The van der Waals surface area contributed by atoms with E-state index in [4.69, 9.17) is 0 Å². The quantitative estimate of drug-likeness (QED) is 0.423. The summed E-state index contributed by atoms with van der Waals surface area (Å²) in [4.78, 5) is 0. The molecule has 0 saturated heterocycles. The van der Waals surface area contributed by atoms with Crippen molar-refractivity contribution >= 4 is 35.1 Å². The Morgan fingerprint density at radius 3 is 1.71 bits per heavy atom. The zero-order chi connectivity index (χ0) is 20.7. The lowest BCUT2D eigenvalue weighted by atomic mass is 9.87. The topological polar surface area (TPSA) is 0 Å². The second-order valence-electron chi connectivity index (χ2n) is 6.39. The summed E-state index contributed by atoms with van der Waals surface area (Å²) in [5, 5.41) is 2.39. The standard InChI is InChI=1S/C26H24.C2H6/c1-6-10-24-22(8-3)21(7-2)23(9-4)26-17-20(15-16-25(24)26)19-13-11-18(5)12-14-19;1-2/h6-17H,2-4H2,1,5H3;1-2H3/b10-6-;. The van der Waals surface area contributed by atoms with Gasteiger partial charge >= 0.3 is 0 Å². The van der Waals surface area contributed by atoms with E-state index >= 15 is 0 Å². The normalized spacial score (nSPS) is 10.4. The van der Waals surface area contributed by atoms with Crippen LogP contribution in [0.3, 0.4) is 0 Å². The molecule has 0 radical (unpaired) electrons. The lowest BCUT2D eigenvalue weighted by Gasteiger charge is -2.17. The summed E-state index contributed by atoms with van der Waals surface area (Å²) in [6.45, 7) is 20.2. The van der Waals surface area contributed by atoms with Gasteiger partial charge < -0.3 is 0 Å². The van der Waals surface area contributed by atoms with Gasteiger partial charge in [-0.3, -0.25) is 0 Å². The third-order valence-corrected chi connectivity index (χ3v) is 4.80. The van der Waals surface area contributed by atoms with Crippen LogP contribution in [0, 0.1) is 6.92 Å². The Kier molecular flexibility index (Phi) is 7.35. The maximum atomic E-state index is 4.05. The summed E-state index contributed by atoms with van der Waals surface area (Å²) in [6, 6.07) is 15.3. The van der Waals surface area contributed by atoms with Gasteiger partial charge in [-0.15, -0.1) is 0 Å². The molecule has 0 bridgehead atoms. The summed E-state index contributed by atoms with van der Waals surface area (Å²) in [6.07, 6.45) is 9.94. The molecular formula is C28H30. The first-order valence-electron chi connectivity index (χ1n) is 9.85. The van der Waals surface area contributed by atoms with Gasteiger partial charge in [-0.25, -0.2) is 0 Å². The van der Waals surface area contributed by atoms with E-state index in [1.54, 1.807) is 0 Å². The monoisotopic (exact) mass is 366 g/mol. The van der Waals surface area contributed by atoms with Gasteiger partial charge in [0.15, 0.2) is 0 Å². The first kappa shape index (κ1) is 21.2. The molecule has 0 aromatic heterocycles. The molecule has 0 amide bonds. The van der Waals surface area contributed by atoms with Gasteiger partial charge in [0.05, 0.1) is 0 Å². The number of allylic oxidation sites excluding steroid dienone is 1. The Labute approximate surface area is 170 Å². The zero-order valence-electron chi connectivity index (χ0n) is 17.5.